The SMILES string of the molecule is Cc1c(C(C)(C)C)s/c(=N\S(=O)(=O)CCc2ccccc2)n1C. The minimum atomic E-state index is -3.49. The lowest BCUT2D eigenvalue weighted by Gasteiger charge is -2.17. The number of nitrogens with zero attached hydrogens (tertiary/aromatic N) is 2. The van der Waals surface area contributed by atoms with Gasteiger partial charge in [0.2, 0.25) is 4.80 Å². The van der Waals surface area contributed by atoms with Crippen LogP contribution >= 0.6 is 11.3 Å². The van der Waals surface area contributed by atoms with Crippen LogP contribution < -0.4 is 4.80 Å². The van der Waals surface area contributed by atoms with Gasteiger partial charge in [-0.3, -0.25) is 0 Å². The average molecular weight is 353 g/mol. The van der Waals surface area contributed by atoms with E-state index < -0.39 is 10.0 Å². The van der Waals surface area contributed by atoms with Crippen molar-refractivity contribution in [1.29, 1.82) is 0 Å². The standard InChI is InChI=1S/C17H24N2O2S2/c1-13-15(17(2,3)4)22-16(19(13)5)18-23(20,21)12-11-14-9-7-6-8-10-14/h6-10H,11-12H2,1-5H3/b18-16-. The molecular formula is C17H24N2O2S2. The summed E-state index contributed by atoms with van der Waals surface area (Å²) in [4.78, 5) is 1.71. The van der Waals surface area contributed by atoms with Gasteiger partial charge in [0.15, 0.2) is 0 Å². The first kappa shape index (κ1) is 17.9. The number of benzene rings is 1. The lowest BCUT2D eigenvalue weighted by Crippen LogP contribution is -2.17. The van der Waals surface area contributed by atoms with Crippen LogP contribution in [0.4, 0.5) is 0 Å². The number of aryl methyl sites for hydroxylation is 1. The van der Waals surface area contributed by atoms with Gasteiger partial charge in [-0.15, -0.1) is 15.7 Å². The van der Waals surface area contributed by atoms with Gasteiger partial charge in [-0.2, -0.15) is 0 Å². The van der Waals surface area contributed by atoms with Gasteiger partial charge in [0.05, 0.1) is 5.75 Å². The van der Waals surface area contributed by atoms with Crippen molar-refractivity contribution in [2.24, 2.45) is 11.4 Å². The molecule has 0 aliphatic heterocycles. The fourth-order valence-electron chi connectivity index (χ4n) is 2.36. The Morgan fingerprint density at radius 1 is 1.17 bits per heavy atom. The highest BCUT2D eigenvalue weighted by Gasteiger charge is 2.21. The molecule has 0 atom stereocenters. The molecule has 0 unspecified atom stereocenters. The molecule has 0 N–H and O–H groups in total. The first-order valence-electron chi connectivity index (χ1n) is 7.60. The van der Waals surface area contributed by atoms with Gasteiger partial charge in [-0.1, -0.05) is 51.1 Å². The van der Waals surface area contributed by atoms with E-state index in [0.29, 0.717) is 11.2 Å². The maximum absolute atomic E-state index is 12.3. The number of sulfonamides is 1. The van der Waals surface area contributed by atoms with Crippen molar-refractivity contribution in [3.8, 4) is 0 Å². The maximum Gasteiger partial charge on any atom is 0.256 e. The van der Waals surface area contributed by atoms with Gasteiger partial charge in [0.25, 0.3) is 10.0 Å². The summed E-state index contributed by atoms with van der Waals surface area (Å²) in [5.74, 6) is 0.0266. The van der Waals surface area contributed by atoms with E-state index in [1.807, 2.05) is 48.9 Å². The Morgan fingerprint density at radius 3 is 2.30 bits per heavy atom. The van der Waals surface area contributed by atoms with Gasteiger partial charge >= 0.3 is 0 Å². The molecule has 126 valence electrons. The minimum absolute atomic E-state index is 0.0198. The van der Waals surface area contributed by atoms with Crippen molar-refractivity contribution in [2.45, 2.75) is 39.5 Å². The molecule has 0 aliphatic carbocycles. The molecule has 0 spiro atoms. The summed E-state index contributed by atoms with van der Waals surface area (Å²) in [6.07, 6.45) is 0.479. The Kier molecular flexibility index (Phi) is 5.16. The molecular weight excluding hydrogens is 328 g/mol. The van der Waals surface area contributed by atoms with Crippen LogP contribution in [0, 0.1) is 6.92 Å². The Labute approximate surface area is 142 Å². The average Bonchev–Trinajstić information content (AvgIpc) is 2.74. The zero-order valence-corrected chi connectivity index (χ0v) is 16.0. The summed E-state index contributed by atoms with van der Waals surface area (Å²) in [5.41, 5.74) is 2.06. The van der Waals surface area contributed by atoms with Crippen molar-refractivity contribution >= 4 is 21.4 Å². The van der Waals surface area contributed by atoms with Gasteiger partial charge in [0.1, 0.15) is 0 Å². The summed E-state index contributed by atoms with van der Waals surface area (Å²) < 4.78 is 30.6. The molecule has 1 aromatic heterocycles. The molecule has 0 amide bonds. The van der Waals surface area contributed by atoms with Gasteiger partial charge in [0, 0.05) is 17.6 Å². The monoisotopic (exact) mass is 352 g/mol. The Morgan fingerprint density at radius 2 is 1.78 bits per heavy atom. The van der Waals surface area contributed by atoms with Crippen molar-refractivity contribution < 1.29 is 8.42 Å². The smallest absolute Gasteiger partial charge is 0.256 e. The Hall–Kier alpha value is -1.40. The van der Waals surface area contributed by atoms with Crippen molar-refractivity contribution in [3.05, 3.63) is 51.3 Å². The van der Waals surface area contributed by atoms with Crippen LogP contribution in [0.25, 0.3) is 0 Å². The van der Waals surface area contributed by atoms with E-state index in [-0.39, 0.29) is 11.2 Å². The highest BCUT2D eigenvalue weighted by Crippen LogP contribution is 2.27. The summed E-state index contributed by atoms with van der Waals surface area (Å²) in [6, 6.07) is 9.62. The molecule has 1 aromatic carbocycles. The topological polar surface area (TPSA) is 51.4 Å². The largest absolute Gasteiger partial charge is 0.323 e. The molecule has 2 rings (SSSR count). The molecule has 0 saturated heterocycles. The molecule has 0 aliphatic rings. The van der Waals surface area contributed by atoms with E-state index >= 15 is 0 Å². The van der Waals surface area contributed by atoms with Crippen LogP contribution in [0.5, 0.6) is 0 Å². The highest BCUT2D eigenvalue weighted by molar-refractivity contribution is 7.90. The fourth-order valence-corrected chi connectivity index (χ4v) is 4.84. The van der Waals surface area contributed by atoms with E-state index in [4.69, 9.17) is 0 Å². The third-order valence-electron chi connectivity index (χ3n) is 3.70. The Balaban J connectivity index is 2.30. The summed E-state index contributed by atoms with van der Waals surface area (Å²) >= 11 is 1.46. The maximum atomic E-state index is 12.3. The second-order valence-corrected chi connectivity index (χ2v) is 9.45. The van der Waals surface area contributed by atoms with E-state index in [0.717, 1.165) is 16.1 Å². The molecule has 0 saturated carbocycles. The summed E-state index contributed by atoms with van der Waals surface area (Å²) in [7, 11) is -1.62. The molecule has 6 heteroatoms. The molecule has 0 fully saturated rings. The third kappa shape index (κ3) is 4.54. The highest BCUT2D eigenvalue weighted by atomic mass is 32.2. The van der Waals surface area contributed by atoms with Crippen LogP contribution in [0.3, 0.4) is 0 Å². The van der Waals surface area contributed by atoms with Crippen LogP contribution in [0.15, 0.2) is 34.7 Å². The number of aromatic nitrogens is 1. The van der Waals surface area contributed by atoms with Crippen molar-refractivity contribution in [1.82, 2.24) is 4.57 Å². The predicted octanol–water partition coefficient (Wildman–Crippen LogP) is 3.17. The molecule has 0 bridgehead atoms. The van der Waals surface area contributed by atoms with Gasteiger partial charge in [-0.25, -0.2) is 8.42 Å². The number of hydrogen-bond acceptors (Lipinski definition) is 3. The van der Waals surface area contributed by atoms with Crippen LogP contribution in [0.2, 0.25) is 0 Å². The zero-order valence-electron chi connectivity index (χ0n) is 14.3. The van der Waals surface area contributed by atoms with E-state index in [1.165, 1.54) is 11.3 Å². The van der Waals surface area contributed by atoms with Crippen LogP contribution in [-0.2, 0) is 28.9 Å². The molecule has 4 nitrogen and oxygen atoms in total. The van der Waals surface area contributed by atoms with E-state index in [9.17, 15) is 8.42 Å². The Bertz CT molecular complexity index is 839. The number of hydrogen-bond donors (Lipinski definition) is 0. The van der Waals surface area contributed by atoms with Gasteiger partial charge < -0.3 is 4.57 Å². The van der Waals surface area contributed by atoms with Crippen LogP contribution in [-0.4, -0.2) is 18.7 Å². The lowest BCUT2D eigenvalue weighted by molar-refractivity contribution is 0.591. The first-order valence-corrected chi connectivity index (χ1v) is 10.0. The second-order valence-electron chi connectivity index (χ2n) is 6.72. The normalized spacial score (nSPS) is 13.5. The second kappa shape index (κ2) is 6.61. The van der Waals surface area contributed by atoms with Crippen molar-refractivity contribution in [2.75, 3.05) is 5.75 Å². The van der Waals surface area contributed by atoms with Gasteiger partial charge in [-0.05, 0) is 24.3 Å². The number of thiazole rings is 1. The summed E-state index contributed by atoms with van der Waals surface area (Å²) in [6.45, 7) is 8.38. The van der Waals surface area contributed by atoms with Crippen LogP contribution in [0.1, 0.15) is 36.9 Å². The molecule has 1 heterocycles. The van der Waals surface area contributed by atoms with E-state index in [2.05, 4.69) is 25.2 Å². The molecule has 23 heavy (non-hydrogen) atoms. The third-order valence-corrected chi connectivity index (χ3v) is 6.65. The zero-order chi connectivity index (χ0) is 17.3. The fraction of sp³-hybridized carbons (Fsp3) is 0.471. The first-order chi connectivity index (χ1) is 10.6. The lowest BCUT2D eigenvalue weighted by atomic mass is 9.93. The molecule has 2 aromatic rings. The molecule has 0 radical (unpaired) electrons. The minimum Gasteiger partial charge on any atom is -0.323 e. The van der Waals surface area contributed by atoms with Crippen molar-refractivity contribution in [3.63, 3.8) is 0 Å². The summed E-state index contributed by atoms with van der Waals surface area (Å²) in [5, 5.41) is 0. The number of rotatable bonds is 4. The predicted molar refractivity (Wildman–Crippen MR) is 96.2 cm³/mol. The quantitative estimate of drug-likeness (QED) is 0.849. The van der Waals surface area contributed by atoms with E-state index in [1.54, 1.807) is 0 Å².